The second-order valence-electron chi connectivity index (χ2n) is 5.18. The molecule has 0 amide bonds. The normalized spacial score (nSPS) is 20.6. The third-order valence-electron chi connectivity index (χ3n) is 3.48. The molecule has 1 aliphatic heterocycles. The summed E-state index contributed by atoms with van der Waals surface area (Å²) in [5, 5.41) is 9.96. The molecule has 2 unspecified atom stereocenters. The summed E-state index contributed by atoms with van der Waals surface area (Å²) in [4.78, 5) is 0. The van der Waals surface area contributed by atoms with Crippen LogP contribution < -0.4 is 4.74 Å². The van der Waals surface area contributed by atoms with Crippen molar-refractivity contribution in [2.45, 2.75) is 38.1 Å². The summed E-state index contributed by atoms with van der Waals surface area (Å²) in [7, 11) is 1.64. The Morgan fingerprint density at radius 3 is 2.81 bits per heavy atom. The van der Waals surface area contributed by atoms with Crippen molar-refractivity contribution in [3.63, 3.8) is 0 Å². The van der Waals surface area contributed by atoms with Crippen LogP contribution in [0.15, 0.2) is 36.4 Å². The maximum atomic E-state index is 9.96. The van der Waals surface area contributed by atoms with Gasteiger partial charge in [-0.15, -0.1) is 0 Å². The van der Waals surface area contributed by atoms with Crippen LogP contribution in [0.25, 0.3) is 0 Å². The van der Waals surface area contributed by atoms with Crippen LogP contribution in [-0.4, -0.2) is 37.8 Å². The smallest absolute Gasteiger partial charge is 0.157 e. The molecule has 0 saturated carbocycles. The summed E-state index contributed by atoms with van der Waals surface area (Å²) in [6.07, 6.45) is 6.86. The summed E-state index contributed by atoms with van der Waals surface area (Å²) in [5.41, 5.74) is 1.07. The molecule has 116 valence electrons. The van der Waals surface area contributed by atoms with Gasteiger partial charge in [-0.2, -0.15) is 0 Å². The molecule has 0 aliphatic carbocycles. The maximum Gasteiger partial charge on any atom is 0.157 e. The summed E-state index contributed by atoms with van der Waals surface area (Å²) < 4.78 is 16.2. The van der Waals surface area contributed by atoms with E-state index >= 15 is 0 Å². The van der Waals surface area contributed by atoms with Gasteiger partial charge in [0.05, 0.1) is 19.8 Å². The molecule has 4 heteroatoms. The second-order valence-corrected chi connectivity index (χ2v) is 5.18. The molecule has 0 bridgehead atoms. The molecular formula is C17H24O4. The average molecular weight is 292 g/mol. The molecule has 0 spiro atoms. The minimum absolute atomic E-state index is 0.0814. The monoisotopic (exact) mass is 292 g/mol. The predicted octanol–water partition coefficient (Wildman–Crippen LogP) is 2.70. The molecule has 1 aromatic rings. The molecule has 21 heavy (non-hydrogen) atoms. The highest BCUT2D eigenvalue weighted by atomic mass is 16.7. The van der Waals surface area contributed by atoms with Crippen molar-refractivity contribution in [1.29, 1.82) is 0 Å². The zero-order chi connectivity index (χ0) is 14.9. The van der Waals surface area contributed by atoms with Gasteiger partial charge in [-0.3, -0.25) is 0 Å². The number of methoxy groups -OCH3 is 1. The zero-order valence-corrected chi connectivity index (χ0v) is 12.5. The summed E-state index contributed by atoms with van der Waals surface area (Å²) >= 11 is 0. The Labute approximate surface area is 126 Å². The first-order chi connectivity index (χ1) is 10.3. The Balaban J connectivity index is 1.67. The van der Waals surface area contributed by atoms with Gasteiger partial charge in [-0.1, -0.05) is 24.3 Å². The SMILES string of the molecule is COc1ccc(CC(O)/C=C\COC2CCCCO2)cc1. The van der Waals surface area contributed by atoms with Crippen LogP contribution in [0.1, 0.15) is 24.8 Å². The Bertz CT molecular complexity index is 421. The summed E-state index contributed by atoms with van der Waals surface area (Å²) in [6.45, 7) is 1.26. The third-order valence-corrected chi connectivity index (χ3v) is 3.48. The summed E-state index contributed by atoms with van der Waals surface area (Å²) in [6, 6.07) is 7.72. The standard InChI is InChI=1S/C17H24O4/c1-19-16-9-7-14(8-10-16)13-15(18)5-4-12-21-17-6-2-3-11-20-17/h4-5,7-10,15,17-18H,2-3,6,11-13H2,1H3/b5-4-. The lowest BCUT2D eigenvalue weighted by Gasteiger charge is -2.21. The number of hydrogen-bond acceptors (Lipinski definition) is 4. The number of aliphatic hydroxyl groups excluding tert-OH is 1. The van der Waals surface area contributed by atoms with Crippen LogP contribution in [0.2, 0.25) is 0 Å². The topological polar surface area (TPSA) is 47.9 Å². The van der Waals surface area contributed by atoms with Gasteiger partial charge < -0.3 is 19.3 Å². The van der Waals surface area contributed by atoms with Crippen LogP contribution in [0, 0.1) is 0 Å². The first kappa shape index (κ1) is 16.0. The minimum Gasteiger partial charge on any atom is -0.497 e. The highest BCUT2D eigenvalue weighted by Crippen LogP contribution is 2.14. The molecule has 1 aromatic carbocycles. The first-order valence-electron chi connectivity index (χ1n) is 7.49. The fraction of sp³-hybridized carbons (Fsp3) is 0.529. The highest BCUT2D eigenvalue weighted by Gasteiger charge is 2.12. The van der Waals surface area contributed by atoms with Crippen molar-refractivity contribution >= 4 is 0 Å². The van der Waals surface area contributed by atoms with Crippen molar-refractivity contribution in [2.24, 2.45) is 0 Å². The van der Waals surface area contributed by atoms with Crippen molar-refractivity contribution in [3.05, 3.63) is 42.0 Å². The van der Waals surface area contributed by atoms with Gasteiger partial charge >= 0.3 is 0 Å². The molecule has 1 heterocycles. The quantitative estimate of drug-likeness (QED) is 0.785. The van der Waals surface area contributed by atoms with Gasteiger partial charge in [0.25, 0.3) is 0 Å². The van der Waals surface area contributed by atoms with E-state index in [9.17, 15) is 5.11 Å². The van der Waals surface area contributed by atoms with Gasteiger partial charge in [0, 0.05) is 13.0 Å². The van der Waals surface area contributed by atoms with Crippen molar-refractivity contribution < 1.29 is 19.3 Å². The second kappa shape index (κ2) is 8.82. The lowest BCUT2D eigenvalue weighted by atomic mass is 10.1. The van der Waals surface area contributed by atoms with Crippen LogP contribution in [0.5, 0.6) is 5.75 Å². The van der Waals surface area contributed by atoms with Gasteiger partial charge in [-0.25, -0.2) is 0 Å². The van der Waals surface area contributed by atoms with Gasteiger partial charge in [0.15, 0.2) is 6.29 Å². The molecule has 2 rings (SSSR count). The fourth-order valence-electron chi connectivity index (χ4n) is 2.29. The Morgan fingerprint density at radius 1 is 1.33 bits per heavy atom. The largest absolute Gasteiger partial charge is 0.497 e. The Morgan fingerprint density at radius 2 is 2.14 bits per heavy atom. The first-order valence-corrected chi connectivity index (χ1v) is 7.49. The van der Waals surface area contributed by atoms with Crippen LogP contribution in [-0.2, 0) is 15.9 Å². The van der Waals surface area contributed by atoms with Crippen molar-refractivity contribution in [2.75, 3.05) is 20.3 Å². The highest BCUT2D eigenvalue weighted by molar-refractivity contribution is 5.27. The maximum absolute atomic E-state index is 9.96. The molecular weight excluding hydrogens is 268 g/mol. The number of rotatable bonds is 7. The lowest BCUT2D eigenvalue weighted by molar-refractivity contribution is -0.155. The number of benzene rings is 1. The molecule has 1 fully saturated rings. The van der Waals surface area contributed by atoms with Gasteiger partial charge in [-0.05, 0) is 37.0 Å². The van der Waals surface area contributed by atoms with Crippen molar-refractivity contribution in [3.8, 4) is 5.75 Å². The molecule has 4 nitrogen and oxygen atoms in total. The van der Waals surface area contributed by atoms with Crippen molar-refractivity contribution in [1.82, 2.24) is 0 Å². The molecule has 1 saturated heterocycles. The fourth-order valence-corrected chi connectivity index (χ4v) is 2.29. The Hall–Kier alpha value is -1.36. The van der Waals surface area contributed by atoms with E-state index in [1.54, 1.807) is 13.2 Å². The van der Waals surface area contributed by atoms with Gasteiger partial charge in [0.2, 0.25) is 0 Å². The van der Waals surface area contributed by atoms with E-state index in [0.29, 0.717) is 13.0 Å². The molecule has 2 atom stereocenters. The molecule has 1 N–H and O–H groups in total. The number of aliphatic hydroxyl groups is 1. The van der Waals surface area contributed by atoms with E-state index in [2.05, 4.69) is 0 Å². The van der Waals surface area contributed by atoms with E-state index < -0.39 is 6.10 Å². The third kappa shape index (κ3) is 5.87. The molecule has 1 aliphatic rings. The molecule has 0 radical (unpaired) electrons. The van der Waals surface area contributed by atoms with Crippen LogP contribution in [0.4, 0.5) is 0 Å². The van der Waals surface area contributed by atoms with E-state index in [4.69, 9.17) is 14.2 Å². The Kier molecular flexibility index (Phi) is 6.73. The average Bonchev–Trinajstić information content (AvgIpc) is 2.53. The lowest BCUT2D eigenvalue weighted by Crippen LogP contribution is -2.22. The predicted molar refractivity (Wildman–Crippen MR) is 81.4 cm³/mol. The number of hydrogen-bond donors (Lipinski definition) is 1. The van der Waals surface area contributed by atoms with Crippen LogP contribution in [0.3, 0.4) is 0 Å². The molecule has 0 aromatic heterocycles. The van der Waals surface area contributed by atoms with Gasteiger partial charge in [0.1, 0.15) is 5.75 Å². The van der Waals surface area contributed by atoms with E-state index in [0.717, 1.165) is 37.2 Å². The number of ether oxygens (including phenoxy) is 3. The van der Waals surface area contributed by atoms with E-state index in [-0.39, 0.29) is 6.29 Å². The zero-order valence-electron chi connectivity index (χ0n) is 12.5. The van der Waals surface area contributed by atoms with Crippen LogP contribution >= 0.6 is 0 Å². The van der Waals surface area contributed by atoms with E-state index in [1.807, 2.05) is 30.3 Å². The summed E-state index contributed by atoms with van der Waals surface area (Å²) in [5.74, 6) is 0.824. The van der Waals surface area contributed by atoms with E-state index in [1.165, 1.54) is 0 Å². The minimum atomic E-state index is -0.505.